The molecule has 1 N–H and O–H groups in total. The van der Waals surface area contributed by atoms with Crippen molar-refractivity contribution in [1.29, 1.82) is 0 Å². The van der Waals surface area contributed by atoms with E-state index in [1.165, 1.54) is 0 Å². The predicted molar refractivity (Wildman–Crippen MR) is 52.0 cm³/mol. The molecule has 4 heteroatoms. The van der Waals surface area contributed by atoms with Gasteiger partial charge in [0.1, 0.15) is 0 Å². The minimum atomic E-state index is 0.0193. The second-order valence-electron chi connectivity index (χ2n) is 3.08. The summed E-state index contributed by atoms with van der Waals surface area (Å²) in [5.41, 5.74) is 1.76. The van der Waals surface area contributed by atoms with Crippen LogP contribution in [-0.2, 0) is 6.61 Å². The Hall–Kier alpha value is -1.68. The summed E-state index contributed by atoms with van der Waals surface area (Å²) in [6.07, 6.45) is 3.50. The van der Waals surface area contributed by atoms with E-state index in [1.54, 1.807) is 10.9 Å². The van der Waals surface area contributed by atoms with Crippen molar-refractivity contribution < 1.29 is 5.11 Å². The summed E-state index contributed by atoms with van der Waals surface area (Å²) in [4.78, 5) is 4.17. The lowest BCUT2D eigenvalue weighted by molar-refractivity contribution is 0.281. The van der Waals surface area contributed by atoms with Gasteiger partial charge in [0.25, 0.3) is 0 Å². The van der Waals surface area contributed by atoms with Crippen molar-refractivity contribution in [2.45, 2.75) is 13.5 Å². The van der Waals surface area contributed by atoms with Crippen molar-refractivity contribution in [3.8, 4) is 5.82 Å². The number of hydrogen-bond donors (Lipinski definition) is 1. The molecule has 0 radical (unpaired) electrons. The molecule has 2 aromatic rings. The molecule has 0 aliphatic carbocycles. The molecule has 0 fully saturated rings. The summed E-state index contributed by atoms with van der Waals surface area (Å²) in [5, 5.41) is 13.1. The fraction of sp³-hybridized carbons (Fsp3) is 0.200. The van der Waals surface area contributed by atoms with Crippen LogP contribution in [0.15, 0.2) is 30.6 Å². The van der Waals surface area contributed by atoms with E-state index in [1.807, 2.05) is 31.3 Å². The van der Waals surface area contributed by atoms with E-state index in [-0.39, 0.29) is 6.61 Å². The van der Waals surface area contributed by atoms with Crippen LogP contribution in [0, 0.1) is 6.92 Å². The first-order valence-electron chi connectivity index (χ1n) is 4.38. The fourth-order valence-electron chi connectivity index (χ4n) is 1.19. The molecular formula is C10H11N3O. The fourth-order valence-corrected chi connectivity index (χ4v) is 1.19. The molecule has 0 spiro atoms. The highest BCUT2D eigenvalue weighted by atomic mass is 16.3. The Balaban J connectivity index is 2.33. The third kappa shape index (κ3) is 1.65. The van der Waals surface area contributed by atoms with Gasteiger partial charge >= 0.3 is 0 Å². The van der Waals surface area contributed by atoms with Gasteiger partial charge in [-0.15, -0.1) is 0 Å². The first-order chi connectivity index (χ1) is 6.79. The summed E-state index contributed by atoms with van der Waals surface area (Å²) < 4.78 is 1.70. The van der Waals surface area contributed by atoms with Gasteiger partial charge in [0.2, 0.25) is 0 Å². The quantitative estimate of drug-likeness (QED) is 0.768. The van der Waals surface area contributed by atoms with E-state index >= 15 is 0 Å². The van der Waals surface area contributed by atoms with Crippen LogP contribution in [0.5, 0.6) is 0 Å². The highest BCUT2D eigenvalue weighted by Crippen LogP contribution is 2.05. The Morgan fingerprint density at radius 2 is 2.21 bits per heavy atom. The van der Waals surface area contributed by atoms with Gasteiger partial charge in [-0.3, -0.25) is 0 Å². The van der Waals surface area contributed by atoms with Crippen LogP contribution in [-0.4, -0.2) is 19.9 Å². The van der Waals surface area contributed by atoms with E-state index in [9.17, 15) is 0 Å². The van der Waals surface area contributed by atoms with Crippen LogP contribution in [0.3, 0.4) is 0 Å². The summed E-state index contributed by atoms with van der Waals surface area (Å²) in [5.74, 6) is 0.760. The van der Waals surface area contributed by atoms with Gasteiger partial charge in [-0.25, -0.2) is 9.67 Å². The Kier molecular flexibility index (Phi) is 2.28. The lowest BCUT2D eigenvalue weighted by atomic mass is 10.3. The Labute approximate surface area is 81.8 Å². The number of aliphatic hydroxyl groups is 1. The monoisotopic (exact) mass is 189 g/mol. The molecule has 0 atom stereocenters. The largest absolute Gasteiger partial charge is 0.392 e. The van der Waals surface area contributed by atoms with Crippen LogP contribution in [0.4, 0.5) is 0 Å². The van der Waals surface area contributed by atoms with Crippen molar-refractivity contribution >= 4 is 0 Å². The summed E-state index contributed by atoms with van der Waals surface area (Å²) in [7, 11) is 0. The van der Waals surface area contributed by atoms with Gasteiger partial charge in [-0.05, 0) is 24.6 Å². The van der Waals surface area contributed by atoms with Gasteiger partial charge in [0.15, 0.2) is 5.82 Å². The number of nitrogens with zero attached hydrogens (tertiary/aromatic N) is 3. The van der Waals surface area contributed by atoms with Gasteiger partial charge in [0, 0.05) is 12.4 Å². The maximum absolute atomic E-state index is 8.84. The van der Waals surface area contributed by atoms with E-state index in [4.69, 9.17) is 5.11 Å². The third-order valence-electron chi connectivity index (χ3n) is 1.95. The first kappa shape index (κ1) is 8.90. The normalized spacial score (nSPS) is 10.4. The SMILES string of the molecule is Cc1ccn(-c2ccc(CO)cn2)n1. The zero-order valence-electron chi connectivity index (χ0n) is 7.88. The first-order valence-corrected chi connectivity index (χ1v) is 4.38. The average Bonchev–Trinajstić information content (AvgIpc) is 2.65. The molecule has 72 valence electrons. The van der Waals surface area contributed by atoms with Crippen molar-refractivity contribution in [3.05, 3.63) is 41.9 Å². The molecule has 0 aromatic carbocycles. The maximum Gasteiger partial charge on any atom is 0.153 e. The molecule has 2 aromatic heterocycles. The van der Waals surface area contributed by atoms with E-state index in [0.717, 1.165) is 17.1 Å². The standard InChI is InChI=1S/C10H11N3O/c1-8-4-5-13(12-8)10-3-2-9(7-14)6-11-10/h2-6,14H,7H2,1H3. The molecule has 0 saturated heterocycles. The number of hydrogen-bond acceptors (Lipinski definition) is 3. The van der Waals surface area contributed by atoms with Gasteiger partial charge < -0.3 is 5.11 Å². The predicted octanol–water partition coefficient (Wildman–Crippen LogP) is 1.07. The topological polar surface area (TPSA) is 50.9 Å². The van der Waals surface area contributed by atoms with E-state index in [0.29, 0.717) is 0 Å². The number of rotatable bonds is 2. The number of pyridine rings is 1. The van der Waals surface area contributed by atoms with Crippen LogP contribution in [0.2, 0.25) is 0 Å². The van der Waals surface area contributed by atoms with Crippen molar-refractivity contribution in [2.75, 3.05) is 0 Å². The Bertz CT molecular complexity index is 419. The van der Waals surface area contributed by atoms with Crippen molar-refractivity contribution in [3.63, 3.8) is 0 Å². The highest BCUT2D eigenvalue weighted by molar-refractivity contribution is 5.24. The van der Waals surface area contributed by atoms with E-state index < -0.39 is 0 Å². The smallest absolute Gasteiger partial charge is 0.153 e. The lowest BCUT2D eigenvalue weighted by Crippen LogP contribution is -1.98. The zero-order valence-corrected chi connectivity index (χ0v) is 7.88. The Morgan fingerprint density at radius 3 is 2.71 bits per heavy atom. The molecule has 0 unspecified atom stereocenters. The molecule has 0 aliphatic rings. The third-order valence-corrected chi connectivity index (χ3v) is 1.95. The van der Waals surface area contributed by atoms with Crippen LogP contribution < -0.4 is 0 Å². The maximum atomic E-state index is 8.84. The van der Waals surface area contributed by atoms with Gasteiger partial charge in [-0.1, -0.05) is 6.07 Å². The number of aryl methyl sites for hydroxylation is 1. The summed E-state index contributed by atoms with van der Waals surface area (Å²) >= 11 is 0. The van der Waals surface area contributed by atoms with Crippen molar-refractivity contribution in [2.24, 2.45) is 0 Å². The molecule has 2 heterocycles. The average molecular weight is 189 g/mol. The highest BCUT2D eigenvalue weighted by Gasteiger charge is 1.98. The van der Waals surface area contributed by atoms with Crippen LogP contribution in [0.1, 0.15) is 11.3 Å². The minimum Gasteiger partial charge on any atom is -0.392 e. The van der Waals surface area contributed by atoms with Crippen molar-refractivity contribution in [1.82, 2.24) is 14.8 Å². The molecule has 0 amide bonds. The molecule has 0 bridgehead atoms. The number of aromatic nitrogens is 3. The molecule has 14 heavy (non-hydrogen) atoms. The Morgan fingerprint density at radius 1 is 1.36 bits per heavy atom. The minimum absolute atomic E-state index is 0.0193. The molecule has 0 saturated carbocycles. The molecule has 4 nitrogen and oxygen atoms in total. The molecule has 2 rings (SSSR count). The second-order valence-corrected chi connectivity index (χ2v) is 3.08. The van der Waals surface area contributed by atoms with Crippen LogP contribution >= 0.6 is 0 Å². The van der Waals surface area contributed by atoms with Gasteiger partial charge in [-0.2, -0.15) is 5.10 Å². The van der Waals surface area contributed by atoms with E-state index in [2.05, 4.69) is 10.1 Å². The summed E-state index contributed by atoms with van der Waals surface area (Å²) in [6, 6.07) is 5.58. The molecule has 0 aliphatic heterocycles. The van der Waals surface area contributed by atoms with Crippen LogP contribution in [0.25, 0.3) is 5.82 Å². The summed E-state index contributed by atoms with van der Waals surface area (Å²) in [6.45, 7) is 1.95. The number of aliphatic hydroxyl groups excluding tert-OH is 1. The zero-order chi connectivity index (χ0) is 9.97. The molecular weight excluding hydrogens is 178 g/mol. The lowest BCUT2D eigenvalue weighted by Gasteiger charge is -2.00. The second kappa shape index (κ2) is 3.59. The van der Waals surface area contributed by atoms with Gasteiger partial charge in [0.05, 0.1) is 12.3 Å².